The van der Waals surface area contributed by atoms with E-state index in [0.29, 0.717) is 12.1 Å². The van der Waals surface area contributed by atoms with Gasteiger partial charge in [-0.3, -0.25) is 9.59 Å². The first kappa shape index (κ1) is 24.0. The molecule has 0 saturated carbocycles. The van der Waals surface area contributed by atoms with Gasteiger partial charge in [-0.1, -0.05) is 12.1 Å². The Kier molecular flexibility index (Phi) is 6.87. The number of ether oxygens (including phenoxy) is 2. The first-order valence-corrected chi connectivity index (χ1v) is 10.9. The molecule has 35 heavy (non-hydrogen) atoms. The van der Waals surface area contributed by atoms with Crippen LogP contribution in [0.25, 0.3) is 0 Å². The van der Waals surface area contributed by atoms with E-state index in [0.717, 1.165) is 10.1 Å². The molecule has 0 aliphatic carbocycles. The Morgan fingerprint density at radius 3 is 2.66 bits per heavy atom. The van der Waals surface area contributed by atoms with Gasteiger partial charge in [0.25, 0.3) is 23.3 Å². The largest absolute Gasteiger partial charge is 0.504 e. The van der Waals surface area contributed by atoms with E-state index in [1.807, 2.05) is 0 Å². The lowest BCUT2D eigenvalue weighted by Gasteiger charge is -2.29. The summed E-state index contributed by atoms with van der Waals surface area (Å²) in [6, 6.07) is 5.85. The van der Waals surface area contributed by atoms with Gasteiger partial charge in [0.05, 0.1) is 6.61 Å². The Balaban J connectivity index is 1.78. The van der Waals surface area contributed by atoms with Gasteiger partial charge in [-0.05, 0) is 31.0 Å². The lowest BCUT2D eigenvalue weighted by molar-refractivity contribution is -0.385. The smallest absolute Gasteiger partial charge is 0.434 e. The highest BCUT2D eigenvalue weighted by atomic mass is 19.1. The first-order valence-electron chi connectivity index (χ1n) is 10.9. The molecule has 0 radical (unpaired) electrons. The molecule has 1 aromatic carbocycles. The summed E-state index contributed by atoms with van der Waals surface area (Å²) in [7, 11) is 1.46. The Morgan fingerprint density at radius 2 is 1.97 bits per heavy atom. The van der Waals surface area contributed by atoms with Crippen LogP contribution in [0.2, 0.25) is 0 Å². The summed E-state index contributed by atoms with van der Waals surface area (Å²) in [6.07, 6.45) is 1.98. The number of likely N-dealkylation sites (N-methyl/N-ethyl adjacent to an activating group) is 1. The number of hydrogen-bond acceptors (Lipinski definition) is 7. The minimum atomic E-state index is -0.945. The van der Waals surface area contributed by atoms with Gasteiger partial charge >= 0.3 is 5.91 Å². The van der Waals surface area contributed by atoms with Crippen molar-refractivity contribution in [1.82, 2.24) is 10.6 Å². The van der Waals surface area contributed by atoms with Gasteiger partial charge in [0.1, 0.15) is 5.82 Å². The third-order valence-electron chi connectivity index (χ3n) is 5.53. The number of hydrogen-bond donors (Lipinski definition) is 3. The van der Waals surface area contributed by atoms with Crippen molar-refractivity contribution in [2.75, 3.05) is 26.8 Å². The molecule has 1 atom stereocenters. The zero-order chi connectivity index (χ0) is 25.1. The van der Waals surface area contributed by atoms with Crippen LogP contribution in [-0.2, 0) is 30.3 Å². The third kappa shape index (κ3) is 4.62. The standard InChI is InChI=1S/C24H23FN4O6/c1-3-26-22(31)16-12-29-19-18(20(30)17(24(29)33)23(32)27-8-9-34-2)28-11-14(21(19)35-16)10-13-4-6-15(25)7-5-13/h4-7,11-12,21H,3,8-10H2,1-2H3,(H2-,26,27,30,31,32,33)/p+1. The van der Waals surface area contributed by atoms with Gasteiger partial charge in [-0.25, -0.2) is 14.2 Å². The van der Waals surface area contributed by atoms with Crippen LogP contribution in [0.15, 0.2) is 64.3 Å². The second-order valence-electron chi connectivity index (χ2n) is 7.87. The zero-order valence-corrected chi connectivity index (χ0v) is 19.1. The number of aliphatic imine (C=N–C) groups is 1. The molecule has 0 saturated heterocycles. The van der Waals surface area contributed by atoms with Crippen molar-refractivity contribution in [3.63, 3.8) is 0 Å². The van der Waals surface area contributed by atoms with E-state index in [1.54, 1.807) is 19.1 Å². The topological polar surface area (TPSA) is 129 Å². The number of nitrogens with zero attached hydrogens (tertiary/aromatic N) is 2. The number of benzene rings is 1. The normalized spacial score (nSPS) is 18.8. The van der Waals surface area contributed by atoms with Gasteiger partial charge in [0.15, 0.2) is 17.0 Å². The van der Waals surface area contributed by atoms with Crippen molar-refractivity contribution in [1.29, 1.82) is 0 Å². The molecule has 3 heterocycles. The Morgan fingerprint density at radius 1 is 1.23 bits per heavy atom. The minimum absolute atomic E-state index is 0.0134. The van der Waals surface area contributed by atoms with Crippen molar-refractivity contribution < 1.29 is 37.9 Å². The van der Waals surface area contributed by atoms with Crippen LogP contribution < -0.4 is 10.6 Å². The van der Waals surface area contributed by atoms with Crippen molar-refractivity contribution in [3.05, 3.63) is 70.7 Å². The average molecular weight is 483 g/mol. The third-order valence-corrected chi connectivity index (χ3v) is 5.53. The Labute approximate surface area is 200 Å². The van der Waals surface area contributed by atoms with Crippen LogP contribution >= 0.6 is 0 Å². The van der Waals surface area contributed by atoms with Crippen molar-refractivity contribution in [3.8, 4) is 0 Å². The number of methoxy groups -OCH3 is 1. The predicted octanol–water partition coefficient (Wildman–Crippen LogP) is 0.651. The molecule has 4 rings (SSSR count). The van der Waals surface area contributed by atoms with Gasteiger partial charge < -0.3 is 25.2 Å². The maximum Gasteiger partial charge on any atom is 0.434 e. The molecular formula is C24H24FN4O6+. The molecule has 0 aromatic heterocycles. The summed E-state index contributed by atoms with van der Waals surface area (Å²) in [6.45, 7) is 2.39. The molecule has 10 nitrogen and oxygen atoms in total. The monoisotopic (exact) mass is 483 g/mol. The molecular weight excluding hydrogens is 459 g/mol. The summed E-state index contributed by atoms with van der Waals surface area (Å²) < 4.78 is 25.3. The summed E-state index contributed by atoms with van der Waals surface area (Å²) in [4.78, 5) is 43.0. The summed E-state index contributed by atoms with van der Waals surface area (Å²) in [5, 5.41) is 16.0. The zero-order valence-electron chi connectivity index (χ0n) is 19.1. The number of halogens is 1. The van der Waals surface area contributed by atoms with E-state index < -0.39 is 35.2 Å². The first-order chi connectivity index (χ1) is 16.8. The fourth-order valence-electron chi connectivity index (χ4n) is 3.88. The molecule has 0 spiro atoms. The second kappa shape index (κ2) is 10.0. The minimum Gasteiger partial charge on any atom is -0.504 e. The number of aliphatic hydroxyl groups excluding tert-OH is 1. The van der Waals surface area contributed by atoms with E-state index in [2.05, 4.69) is 15.6 Å². The molecule has 3 aliphatic heterocycles. The van der Waals surface area contributed by atoms with E-state index >= 15 is 0 Å². The summed E-state index contributed by atoms with van der Waals surface area (Å²) in [5.41, 5.74) is 0.991. The fraction of sp³-hybridized carbons (Fsp3) is 0.292. The SMILES string of the molecule is CCNC(=O)C1=C[N+]2=C3C(=NC=C(Cc4ccc(F)cc4)C3O1)C(O)=C(C(=O)NCCOC)C2=O. The molecule has 0 fully saturated rings. The number of allylic oxidation sites excluding steroid dienone is 1. The highest BCUT2D eigenvalue weighted by Crippen LogP contribution is 2.30. The average Bonchev–Trinajstić information content (AvgIpc) is 2.84. The highest BCUT2D eigenvalue weighted by molar-refractivity contribution is 6.52. The van der Waals surface area contributed by atoms with E-state index in [1.165, 1.54) is 31.6 Å². The van der Waals surface area contributed by atoms with Crippen LogP contribution in [0, 0.1) is 5.82 Å². The van der Waals surface area contributed by atoms with Gasteiger partial charge in [0, 0.05) is 32.0 Å². The highest BCUT2D eigenvalue weighted by Gasteiger charge is 2.52. The fourth-order valence-corrected chi connectivity index (χ4v) is 3.88. The molecule has 11 heteroatoms. The van der Waals surface area contributed by atoms with Crippen molar-refractivity contribution in [2.45, 2.75) is 19.4 Å². The number of nitrogens with one attached hydrogen (secondary N) is 2. The van der Waals surface area contributed by atoms with Gasteiger partial charge in [0.2, 0.25) is 12.3 Å². The lowest BCUT2D eigenvalue weighted by atomic mass is 9.89. The number of amides is 3. The molecule has 3 aliphatic rings. The van der Waals surface area contributed by atoms with Crippen LogP contribution in [-0.4, -0.2) is 71.7 Å². The second-order valence-corrected chi connectivity index (χ2v) is 7.87. The van der Waals surface area contributed by atoms with Crippen LogP contribution in [0.1, 0.15) is 12.5 Å². The van der Waals surface area contributed by atoms with Crippen molar-refractivity contribution >= 4 is 29.1 Å². The summed E-state index contributed by atoms with van der Waals surface area (Å²) >= 11 is 0. The van der Waals surface area contributed by atoms with E-state index in [4.69, 9.17) is 9.47 Å². The van der Waals surface area contributed by atoms with E-state index in [-0.39, 0.29) is 42.6 Å². The van der Waals surface area contributed by atoms with Gasteiger partial charge in [-0.15, -0.1) is 4.58 Å². The molecule has 3 amide bonds. The predicted molar refractivity (Wildman–Crippen MR) is 122 cm³/mol. The van der Waals surface area contributed by atoms with Crippen LogP contribution in [0.3, 0.4) is 0 Å². The Hall–Kier alpha value is -4.12. The molecule has 182 valence electrons. The maximum atomic E-state index is 13.4. The van der Waals surface area contributed by atoms with Crippen LogP contribution in [0.4, 0.5) is 4.39 Å². The number of rotatable bonds is 8. The molecule has 3 N–H and O–H groups in total. The number of carbonyl (C=O) groups excluding carboxylic acids is 3. The molecule has 1 unspecified atom stereocenters. The quantitative estimate of drug-likeness (QED) is 0.283. The summed E-state index contributed by atoms with van der Waals surface area (Å²) in [5.74, 6) is -3.29. The Bertz CT molecular complexity index is 1240. The van der Waals surface area contributed by atoms with Gasteiger partial charge in [-0.2, -0.15) is 0 Å². The molecule has 1 aromatic rings. The number of carbonyl (C=O) groups is 3. The lowest BCUT2D eigenvalue weighted by Crippen LogP contribution is -2.52. The van der Waals surface area contributed by atoms with E-state index in [9.17, 15) is 23.9 Å². The maximum absolute atomic E-state index is 13.4. The molecule has 0 bridgehead atoms. The number of aliphatic hydroxyl groups is 1. The van der Waals surface area contributed by atoms with Crippen LogP contribution in [0.5, 0.6) is 0 Å². The van der Waals surface area contributed by atoms with Crippen molar-refractivity contribution in [2.24, 2.45) is 4.99 Å².